The fourth-order valence-corrected chi connectivity index (χ4v) is 4.28. The van der Waals surface area contributed by atoms with Crippen molar-refractivity contribution in [2.75, 3.05) is 14.2 Å². The molecular weight excluding hydrogens is 270 g/mol. The summed E-state index contributed by atoms with van der Waals surface area (Å²) < 4.78 is 5.57. The zero-order valence-corrected chi connectivity index (χ0v) is 13.5. The summed E-state index contributed by atoms with van der Waals surface area (Å²) in [5, 5.41) is 9.13. The Kier molecular flexibility index (Phi) is 4.61. The van der Waals surface area contributed by atoms with Crippen LogP contribution in [-0.4, -0.2) is 48.2 Å². The van der Waals surface area contributed by atoms with Gasteiger partial charge in [-0.25, -0.2) is 0 Å². The van der Waals surface area contributed by atoms with Crippen LogP contribution in [0.1, 0.15) is 46.0 Å². The second-order valence-electron chi connectivity index (χ2n) is 6.49. The number of methoxy groups -OCH3 is 1. The first kappa shape index (κ1) is 16.3. The van der Waals surface area contributed by atoms with Gasteiger partial charge in [0.15, 0.2) is 0 Å². The molecule has 0 aromatic heterocycles. The van der Waals surface area contributed by atoms with Gasteiger partial charge >= 0.3 is 5.97 Å². The fourth-order valence-electron chi connectivity index (χ4n) is 4.28. The van der Waals surface area contributed by atoms with Crippen molar-refractivity contribution in [3.05, 3.63) is 0 Å². The van der Waals surface area contributed by atoms with Crippen molar-refractivity contribution in [2.24, 2.45) is 17.3 Å². The minimum atomic E-state index is -0.839. The van der Waals surface area contributed by atoms with E-state index in [1.54, 1.807) is 7.11 Å². The molecule has 0 spiro atoms. The van der Waals surface area contributed by atoms with Crippen molar-refractivity contribution < 1.29 is 19.4 Å². The molecule has 0 bridgehead atoms. The van der Waals surface area contributed by atoms with Crippen molar-refractivity contribution in [1.82, 2.24) is 4.90 Å². The molecule has 0 aliphatic heterocycles. The van der Waals surface area contributed by atoms with Crippen molar-refractivity contribution in [2.45, 2.75) is 58.1 Å². The van der Waals surface area contributed by atoms with Gasteiger partial charge in [-0.05, 0) is 32.1 Å². The molecule has 2 aliphatic rings. The second kappa shape index (κ2) is 5.95. The molecule has 2 aliphatic carbocycles. The summed E-state index contributed by atoms with van der Waals surface area (Å²) in [5.74, 6) is -1.66. The van der Waals surface area contributed by atoms with Gasteiger partial charge in [0.25, 0.3) is 0 Å². The van der Waals surface area contributed by atoms with Crippen LogP contribution >= 0.6 is 0 Å². The molecule has 4 atom stereocenters. The van der Waals surface area contributed by atoms with Crippen LogP contribution in [-0.2, 0) is 14.3 Å². The van der Waals surface area contributed by atoms with Crippen molar-refractivity contribution in [3.63, 3.8) is 0 Å². The predicted octanol–water partition coefficient (Wildman–Crippen LogP) is 2.15. The zero-order valence-electron chi connectivity index (χ0n) is 13.5. The SMILES string of the molecule is CCC1(CC)C(OC)CC1N(C)C(=O)C1CCC1C(=O)O. The average Bonchev–Trinajstić information content (AvgIpc) is 2.37. The Bertz CT molecular complexity index is 419. The first-order valence-corrected chi connectivity index (χ1v) is 7.95. The van der Waals surface area contributed by atoms with Gasteiger partial charge in [0, 0.05) is 25.6 Å². The molecule has 1 N–H and O–H groups in total. The Balaban J connectivity index is 2.08. The lowest BCUT2D eigenvalue weighted by Gasteiger charge is -2.58. The number of carbonyl (C=O) groups excluding carboxylic acids is 1. The van der Waals surface area contributed by atoms with Gasteiger partial charge < -0.3 is 14.7 Å². The molecule has 0 saturated heterocycles. The Labute approximate surface area is 126 Å². The quantitative estimate of drug-likeness (QED) is 0.815. The number of carbonyl (C=O) groups is 2. The van der Waals surface area contributed by atoms with E-state index in [0.29, 0.717) is 12.8 Å². The van der Waals surface area contributed by atoms with Gasteiger partial charge in [0.1, 0.15) is 0 Å². The van der Waals surface area contributed by atoms with Crippen LogP contribution < -0.4 is 0 Å². The van der Waals surface area contributed by atoms with Crippen LogP contribution in [0.25, 0.3) is 0 Å². The molecule has 5 nitrogen and oxygen atoms in total. The van der Waals surface area contributed by atoms with E-state index >= 15 is 0 Å². The number of carboxylic acids is 1. The summed E-state index contributed by atoms with van der Waals surface area (Å²) in [6.07, 6.45) is 4.31. The van der Waals surface area contributed by atoms with Gasteiger partial charge in [-0.1, -0.05) is 13.8 Å². The monoisotopic (exact) mass is 297 g/mol. The number of aliphatic carboxylic acids is 1. The van der Waals surface area contributed by atoms with Crippen LogP contribution in [0.4, 0.5) is 0 Å². The smallest absolute Gasteiger partial charge is 0.307 e. The lowest BCUT2D eigenvalue weighted by Crippen LogP contribution is -2.65. The average molecular weight is 297 g/mol. The van der Waals surface area contributed by atoms with Crippen molar-refractivity contribution in [1.29, 1.82) is 0 Å². The van der Waals surface area contributed by atoms with Gasteiger partial charge in [-0.15, -0.1) is 0 Å². The number of carboxylic acid groups (broad SMARTS) is 1. The normalized spacial score (nSPS) is 33.7. The molecule has 120 valence electrons. The van der Waals surface area contributed by atoms with E-state index in [0.717, 1.165) is 19.3 Å². The van der Waals surface area contributed by atoms with Crippen LogP contribution in [0, 0.1) is 17.3 Å². The van der Waals surface area contributed by atoms with Crippen molar-refractivity contribution in [3.8, 4) is 0 Å². The maximum Gasteiger partial charge on any atom is 0.307 e. The molecule has 21 heavy (non-hydrogen) atoms. The molecule has 0 radical (unpaired) electrons. The van der Waals surface area contributed by atoms with E-state index in [4.69, 9.17) is 9.84 Å². The fraction of sp³-hybridized carbons (Fsp3) is 0.875. The largest absolute Gasteiger partial charge is 0.481 e. The topological polar surface area (TPSA) is 66.8 Å². The molecule has 4 unspecified atom stereocenters. The number of hydrogen-bond acceptors (Lipinski definition) is 3. The summed E-state index contributed by atoms with van der Waals surface area (Å²) in [4.78, 5) is 25.5. The summed E-state index contributed by atoms with van der Waals surface area (Å²) in [7, 11) is 3.56. The Morgan fingerprint density at radius 3 is 2.19 bits per heavy atom. The number of nitrogens with zero attached hydrogens (tertiary/aromatic N) is 1. The Morgan fingerprint density at radius 1 is 1.24 bits per heavy atom. The second-order valence-corrected chi connectivity index (χ2v) is 6.49. The Hall–Kier alpha value is -1.10. The molecule has 0 heterocycles. The van der Waals surface area contributed by atoms with E-state index in [9.17, 15) is 9.59 Å². The van der Waals surface area contributed by atoms with Gasteiger partial charge in [-0.2, -0.15) is 0 Å². The van der Waals surface area contributed by atoms with E-state index in [1.165, 1.54) is 0 Å². The number of ether oxygens (including phenoxy) is 1. The summed E-state index contributed by atoms with van der Waals surface area (Å²) in [6, 6.07) is 0.167. The van der Waals surface area contributed by atoms with E-state index < -0.39 is 11.9 Å². The van der Waals surface area contributed by atoms with E-state index in [2.05, 4.69) is 13.8 Å². The molecule has 1 amide bonds. The predicted molar refractivity (Wildman–Crippen MR) is 78.8 cm³/mol. The van der Waals surface area contributed by atoms with E-state index in [1.807, 2.05) is 11.9 Å². The van der Waals surface area contributed by atoms with Gasteiger partial charge in [0.2, 0.25) is 5.91 Å². The number of rotatable bonds is 6. The zero-order chi connectivity index (χ0) is 15.8. The third-order valence-corrected chi connectivity index (χ3v) is 6.07. The maximum absolute atomic E-state index is 12.6. The molecule has 5 heteroatoms. The van der Waals surface area contributed by atoms with E-state index in [-0.39, 0.29) is 29.4 Å². The van der Waals surface area contributed by atoms with Gasteiger partial charge in [0.05, 0.1) is 17.9 Å². The minimum Gasteiger partial charge on any atom is -0.481 e. The summed E-state index contributed by atoms with van der Waals surface area (Å²) in [6.45, 7) is 4.28. The Morgan fingerprint density at radius 2 is 1.81 bits per heavy atom. The number of hydrogen-bond donors (Lipinski definition) is 1. The third kappa shape index (κ3) is 2.35. The highest BCUT2D eigenvalue weighted by Gasteiger charge is 2.56. The lowest BCUT2D eigenvalue weighted by molar-refractivity contribution is -0.179. The molecule has 0 aromatic rings. The van der Waals surface area contributed by atoms with Crippen LogP contribution in [0.2, 0.25) is 0 Å². The minimum absolute atomic E-state index is 0.000483. The van der Waals surface area contributed by atoms with Crippen LogP contribution in [0.3, 0.4) is 0 Å². The summed E-state index contributed by atoms with van der Waals surface area (Å²) in [5.41, 5.74) is 0.0155. The molecular formula is C16H27NO4. The molecule has 0 aromatic carbocycles. The molecule has 2 fully saturated rings. The maximum atomic E-state index is 12.6. The molecule has 2 rings (SSSR count). The van der Waals surface area contributed by atoms with Crippen LogP contribution in [0.15, 0.2) is 0 Å². The highest BCUT2D eigenvalue weighted by atomic mass is 16.5. The standard InChI is InChI=1S/C16H27NO4/c1-5-16(6-2)12(9-13(16)21-4)17(3)14(18)10-7-8-11(10)15(19)20/h10-13H,5-9H2,1-4H3,(H,19,20). The first-order valence-electron chi connectivity index (χ1n) is 7.95. The van der Waals surface area contributed by atoms with Gasteiger partial charge in [-0.3, -0.25) is 9.59 Å². The van der Waals surface area contributed by atoms with Crippen LogP contribution in [0.5, 0.6) is 0 Å². The van der Waals surface area contributed by atoms with Crippen molar-refractivity contribution >= 4 is 11.9 Å². The highest BCUT2D eigenvalue weighted by molar-refractivity contribution is 5.86. The summed E-state index contributed by atoms with van der Waals surface area (Å²) >= 11 is 0. The number of amides is 1. The molecule has 2 saturated carbocycles. The highest BCUT2D eigenvalue weighted by Crippen LogP contribution is 2.51. The lowest BCUT2D eigenvalue weighted by atomic mass is 9.58. The first-order chi connectivity index (χ1) is 9.92. The third-order valence-electron chi connectivity index (χ3n) is 6.07.